The van der Waals surface area contributed by atoms with E-state index in [2.05, 4.69) is 71.9 Å². The summed E-state index contributed by atoms with van der Waals surface area (Å²) >= 11 is 1.59. The molecule has 0 saturated heterocycles. The lowest BCUT2D eigenvalue weighted by molar-refractivity contribution is -0.131. The molecule has 36 heavy (non-hydrogen) atoms. The summed E-state index contributed by atoms with van der Waals surface area (Å²) in [5.41, 5.74) is 5.03. The SMILES string of the molecule is CCC(C)(C)c1cc(-c2cccc3sc(/C(C)=C/C(=O)O)cc23)c(OCCCF)c(C(C)(C)CC)c1. The van der Waals surface area contributed by atoms with Gasteiger partial charge in [0.2, 0.25) is 0 Å². The van der Waals surface area contributed by atoms with E-state index in [0.717, 1.165) is 55.8 Å². The van der Waals surface area contributed by atoms with Crippen molar-refractivity contribution in [2.45, 2.75) is 78.6 Å². The van der Waals surface area contributed by atoms with Gasteiger partial charge in [-0.15, -0.1) is 11.3 Å². The molecule has 0 fully saturated rings. The van der Waals surface area contributed by atoms with Crippen LogP contribution in [0.3, 0.4) is 0 Å². The van der Waals surface area contributed by atoms with Crippen LogP contribution in [0, 0.1) is 0 Å². The number of carboxylic acids is 1. The van der Waals surface area contributed by atoms with Crippen molar-refractivity contribution in [1.29, 1.82) is 0 Å². The standard InChI is InChI=1S/C31H39FO3S/c1-8-30(4,5)21-17-24(29(35-15-11-14-32)25(18-21)31(6,7)9-2)22-12-10-13-26-23(22)19-27(36-26)20(3)16-28(33)34/h10,12-13,16-19H,8-9,11,14-15H2,1-7H3,(H,33,34)/b20-16+. The minimum Gasteiger partial charge on any atom is -0.493 e. The number of hydrogen-bond donors (Lipinski definition) is 1. The third-order valence-electron chi connectivity index (χ3n) is 7.47. The van der Waals surface area contributed by atoms with Crippen LogP contribution in [0.1, 0.15) is 83.7 Å². The van der Waals surface area contributed by atoms with E-state index in [9.17, 15) is 14.3 Å². The van der Waals surface area contributed by atoms with Gasteiger partial charge in [0.15, 0.2) is 0 Å². The zero-order valence-electron chi connectivity index (χ0n) is 22.6. The molecule has 0 aliphatic rings. The summed E-state index contributed by atoms with van der Waals surface area (Å²) in [6.07, 6.45) is 3.53. The smallest absolute Gasteiger partial charge is 0.328 e. The fourth-order valence-electron chi connectivity index (χ4n) is 4.25. The van der Waals surface area contributed by atoms with Gasteiger partial charge >= 0.3 is 5.97 Å². The first-order valence-electron chi connectivity index (χ1n) is 12.8. The highest BCUT2D eigenvalue weighted by atomic mass is 32.1. The Morgan fingerprint density at radius 2 is 1.75 bits per heavy atom. The van der Waals surface area contributed by atoms with E-state index in [1.54, 1.807) is 11.3 Å². The second-order valence-electron chi connectivity index (χ2n) is 10.8. The van der Waals surface area contributed by atoms with Gasteiger partial charge in [0.1, 0.15) is 5.75 Å². The van der Waals surface area contributed by atoms with Crippen molar-refractivity contribution >= 4 is 33.0 Å². The lowest BCUT2D eigenvalue weighted by Crippen LogP contribution is -2.22. The minimum atomic E-state index is -0.949. The summed E-state index contributed by atoms with van der Waals surface area (Å²) < 4.78 is 20.5. The molecule has 194 valence electrons. The Hall–Kier alpha value is -2.66. The van der Waals surface area contributed by atoms with E-state index in [1.165, 1.54) is 11.6 Å². The van der Waals surface area contributed by atoms with E-state index in [4.69, 9.17) is 4.74 Å². The number of aliphatic carboxylic acids is 1. The molecule has 0 radical (unpaired) electrons. The molecule has 0 amide bonds. The first-order chi connectivity index (χ1) is 16.9. The van der Waals surface area contributed by atoms with Crippen LogP contribution in [0.5, 0.6) is 5.75 Å². The average Bonchev–Trinajstić information content (AvgIpc) is 3.28. The van der Waals surface area contributed by atoms with Crippen molar-refractivity contribution in [3.05, 3.63) is 58.5 Å². The molecule has 0 aliphatic carbocycles. The number of carbonyl (C=O) groups is 1. The summed E-state index contributed by atoms with van der Waals surface area (Å²) in [7, 11) is 0. The molecule has 3 nitrogen and oxygen atoms in total. The highest BCUT2D eigenvalue weighted by molar-refractivity contribution is 7.20. The predicted octanol–water partition coefficient (Wildman–Crippen LogP) is 9.17. The normalized spacial score (nSPS) is 12.8. The van der Waals surface area contributed by atoms with Gasteiger partial charge in [-0.2, -0.15) is 0 Å². The van der Waals surface area contributed by atoms with E-state index in [1.807, 2.05) is 13.0 Å². The third-order valence-corrected chi connectivity index (χ3v) is 8.71. The maximum atomic E-state index is 13.0. The van der Waals surface area contributed by atoms with Crippen molar-refractivity contribution in [3.63, 3.8) is 0 Å². The Bertz CT molecular complexity index is 1270. The fourth-order valence-corrected chi connectivity index (χ4v) is 5.31. The lowest BCUT2D eigenvalue weighted by atomic mass is 9.74. The van der Waals surface area contributed by atoms with Crippen LogP contribution < -0.4 is 4.74 Å². The van der Waals surface area contributed by atoms with Gasteiger partial charge in [0.05, 0.1) is 13.3 Å². The average molecular weight is 511 g/mol. The Morgan fingerprint density at radius 3 is 2.36 bits per heavy atom. The molecule has 0 aliphatic heterocycles. The van der Waals surface area contributed by atoms with Crippen molar-refractivity contribution in [2.75, 3.05) is 13.3 Å². The number of ether oxygens (including phenoxy) is 1. The molecule has 0 spiro atoms. The predicted molar refractivity (Wildman–Crippen MR) is 151 cm³/mol. The van der Waals surface area contributed by atoms with Crippen LogP contribution in [0.2, 0.25) is 0 Å². The monoisotopic (exact) mass is 510 g/mol. The minimum absolute atomic E-state index is 0.0285. The fraction of sp³-hybridized carbons (Fsp3) is 0.452. The number of halogens is 1. The highest BCUT2D eigenvalue weighted by Gasteiger charge is 2.30. The van der Waals surface area contributed by atoms with Gasteiger partial charge in [0.25, 0.3) is 0 Å². The number of carboxylic acid groups (broad SMARTS) is 1. The van der Waals surface area contributed by atoms with Crippen LogP contribution in [0.25, 0.3) is 26.8 Å². The number of thiophene rings is 1. The number of allylic oxidation sites excluding steroid dienone is 1. The summed E-state index contributed by atoms with van der Waals surface area (Å²) in [6.45, 7) is 15.1. The quantitative estimate of drug-likeness (QED) is 0.207. The number of fused-ring (bicyclic) bond motifs is 1. The molecular formula is C31H39FO3S. The van der Waals surface area contributed by atoms with Crippen LogP contribution in [0.15, 0.2) is 42.5 Å². The molecule has 5 heteroatoms. The van der Waals surface area contributed by atoms with Gasteiger partial charge in [0, 0.05) is 38.6 Å². The van der Waals surface area contributed by atoms with E-state index < -0.39 is 12.6 Å². The molecule has 0 saturated carbocycles. The molecule has 3 rings (SSSR count). The summed E-state index contributed by atoms with van der Waals surface area (Å²) in [5, 5.41) is 10.3. The Balaban J connectivity index is 2.38. The zero-order valence-corrected chi connectivity index (χ0v) is 23.4. The van der Waals surface area contributed by atoms with Gasteiger partial charge in [-0.1, -0.05) is 59.7 Å². The zero-order chi connectivity index (χ0) is 26.7. The van der Waals surface area contributed by atoms with Gasteiger partial charge < -0.3 is 9.84 Å². The number of rotatable bonds is 11. The molecule has 1 heterocycles. The van der Waals surface area contributed by atoms with Crippen LogP contribution in [-0.2, 0) is 15.6 Å². The number of alkyl halides is 1. The van der Waals surface area contributed by atoms with Gasteiger partial charge in [-0.05, 0) is 65.5 Å². The molecule has 3 aromatic rings. The maximum absolute atomic E-state index is 13.0. The van der Waals surface area contributed by atoms with Crippen molar-refractivity contribution in [3.8, 4) is 16.9 Å². The molecule has 1 N–H and O–H groups in total. The Kier molecular flexibility index (Phi) is 8.66. The van der Waals surface area contributed by atoms with E-state index >= 15 is 0 Å². The summed E-state index contributed by atoms with van der Waals surface area (Å²) in [4.78, 5) is 12.2. The topological polar surface area (TPSA) is 46.5 Å². The number of hydrogen-bond acceptors (Lipinski definition) is 3. The number of benzene rings is 2. The van der Waals surface area contributed by atoms with Crippen LogP contribution in [0.4, 0.5) is 4.39 Å². The summed E-state index contributed by atoms with van der Waals surface area (Å²) in [5.74, 6) is -0.126. The van der Waals surface area contributed by atoms with Crippen LogP contribution >= 0.6 is 11.3 Å². The highest BCUT2D eigenvalue weighted by Crippen LogP contribution is 2.47. The van der Waals surface area contributed by atoms with Gasteiger partial charge in [-0.25, -0.2) is 4.79 Å². The lowest BCUT2D eigenvalue weighted by Gasteiger charge is -2.32. The molecule has 0 bridgehead atoms. The molecule has 0 unspecified atom stereocenters. The second-order valence-corrected chi connectivity index (χ2v) is 11.8. The second kappa shape index (κ2) is 11.2. The molecular weight excluding hydrogens is 471 g/mol. The summed E-state index contributed by atoms with van der Waals surface area (Å²) in [6, 6.07) is 12.8. The molecule has 2 aromatic carbocycles. The Morgan fingerprint density at radius 1 is 1.06 bits per heavy atom. The maximum Gasteiger partial charge on any atom is 0.328 e. The van der Waals surface area contributed by atoms with E-state index in [0.29, 0.717) is 13.0 Å². The van der Waals surface area contributed by atoms with E-state index in [-0.39, 0.29) is 10.8 Å². The third kappa shape index (κ3) is 5.83. The van der Waals surface area contributed by atoms with Crippen molar-refractivity contribution in [2.24, 2.45) is 0 Å². The molecule has 1 aromatic heterocycles. The largest absolute Gasteiger partial charge is 0.493 e. The molecule has 0 atom stereocenters. The van der Waals surface area contributed by atoms with Crippen molar-refractivity contribution < 1.29 is 19.0 Å². The Labute approximate surface area is 219 Å². The van der Waals surface area contributed by atoms with Crippen LogP contribution in [-0.4, -0.2) is 24.4 Å². The van der Waals surface area contributed by atoms with Crippen molar-refractivity contribution in [1.82, 2.24) is 0 Å². The first-order valence-corrected chi connectivity index (χ1v) is 13.6. The first kappa shape index (κ1) is 27.9. The van der Waals surface area contributed by atoms with Gasteiger partial charge in [-0.3, -0.25) is 4.39 Å².